The molecule has 2 rings (SSSR count). The van der Waals surface area contributed by atoms with Gasteiger partial charge in [0.1, 0.15) is 5.82 Å². The van der Waals surface area contributed by atoms with E-state index in [1.54, 1.807) is 17.1 Å². The molecule has 0 atom stereocenters. The second kappa shape index (κ2) is 16.0. The number of allylic oxidation sites excluding steroid dienone is 8. The minimum Gasteiger partial charge on any atom is -0.384 e. The van der Waals surface area contributed by atoms with Crippen LogP contribution in [-0.2, 0) is 4.79 Å². The molecule has 0 aromatic carbocycles. The van der Waals surface area contributed by atoms with Gasteiger partial charge in [-0.05, 0) is 30.1 Å². The van der Waals surface area contributed by atoms with Gasteiger partial charge < -0.3 is 11.1 Å². The fraction of sp³-hybridized carbons (Fsp3) is 0.333. The summed E-state index contributed by atoms with van der Waals surface area (Å²) in [5.41, 5.74) is 9.97. The molecule has 182 valence electrons. The minimum absolute atomic E-state index is 0.119. The summed E-state index contributed by atoms with van der Waals surface area (Å²) >= 11 is 0. The summed E-state index contributed by atoms with van der Waals surface area (Å²) in [5.74, 6) is 0.955. The second-order valence-corrected chi connectivity index (χ2v) is 7.03. The van der Waals surface area contributed by atoms with Crippen LogP contribution in [0.3, 0.4) is 0 Å². The van der Waals surface area contributed by atoms with E-state index in [4.69, 9.17) is 5.73 Å². The molecule has 0 fully saturated rings. The Kier molecular flexibility index (Phi) is 13.3. The number of hydrogen-bond donors (Lipinski definition) is 2. The maximum Gasteiger partial charge on any atom is 0.217 e. The maximum atomic E-state index is 11.1. The number of nitrogens with zero attached hydrogens (tertiary/aromatic N) is 4. The Morgan fingerprint density at radius 1 is 1.29 bits per heavy atom. The number of amides is 1. The van der Waals surface area contributed by atoms with Crippen LogP contribution in [0.25, 0.3) is 11.4 Å². The van der Waals surface area contributed by atoms with Crippen molar-refractivity contribution >= 4 is 35.5 Å². The molecule has 0 aliphatic carbocycles. The average Bonchev–Trinajstić information content (AvgIpc) is 3.10. The number of carbonyl (C=O) groups is 1. The highest BCUT2D eigenvalue weighted by Crippen LogP contribution is 2.28. The van der Waals surface area contributed by atoms with E-state index in [1.165, 1.54) is 6.92 Å². The molecule has 0 saturated carbocycles. The average molecular weight is 463 g/mol. The summed E-state index contributed by atoms with van der Waals surface area (Å²) in [5, 5.41) is 7.14. The van der Waals surface area contributed by atoms with E-state index in [0.717, 1.165) is 35.1 Å². The Hall–Kier alpha value is -3.74. The van der Waals surface area contributed by atoms with Gasteiger partial charge in [0.25, 0.3) is 0 Å². The summed E-state index contributed by atoms with van der Waals surface area (Å²) in [6.45, 7) is 14.4. The first-order valence-electron chi connectivity index (χ1n) is 11.7. The fourth-order valence-electron chi connectivity index (χ4n) is 2.97. The van der Waals surface area contributed by atoms with Crippen molar-refractivity contribution in [3.8, 4) is 0 Å². The summed E-state index contributed by atoms with van der Waals surface area (Å²) < 4.78 is 1.60. The van der Waals surface area contributed by atoms with Crippen LogP contribution in [0.15, 0.2) is 76.4 Å². The van der Waals surface area contributed by atoms with Crippen molar-refractivity contribution in [1.29, 1.82) is 0 Å². The van der Waals surface area contributed by atoms with Crippen molar-refractivity contribution in [2.45, 2.75) is 47.5 Å². The Bertz CT molecular complexity index is 1030. The molecule has 7 nitrogen and oxygen atoms in total. The Balaban J connectivity index is 0.00000281. The van der Waals surface area contributed by atoms with E-state index >= 15 is 0 Å². The first-order chi connectivity index (χ1) is 16.5. The van der Waals surface area contributed by atoms with Crippen LogP contribution >= 0.6 is 0 Å². The molecule has 1 aliphatic rings. The fourth-order valence-corrected chi connectivity index (χ4v) is 2.97. The highest BCUT2D eigenvalue weighted by atomic mass is 16.1. The highest BCUT2D eigenvalue weighted by Gasteiger charge is 2.15. The van der Waals surface area contributed by atoms with Gasteiger partial charge >= 0.3 is 0 Å². The molecule has 34 heavy (non-hydrogen) atoms. The van der Waals surface area contributed by atoms with E-state index in [2.05, 4.69) is 40.0 Å². The molecule has 0 bridgehead atoms. The first kappa shape index (κ1) is 28.3. The smallest absolute Gasteiger partial charge is 0.217 e. The summed E-state index contributed by atoms with van der Waals surface area (Å²) in [6, 6.07) is 0. The van der Waals surface area contributed by atoms with Crippen molar-refractivity contribution in [2.24, 2.45) is 15.7 Å². The lowest BCUT2D eigenvalue weighted by atomic mass is 10.0. The molecule has 1 aromatic rings. The normalized spacial score (nSPS) is 14.4. The van der Waals surface area contributed by atoms with Gasteiger partial charge in [-0.25, -0.2) is 4.99 Å². The van der Waals surface area contributed by atoms with Crippen molar-refractivity contribution in [3.63, 3.8) is 0 Å². The Morgan fingerprint density at radius 3 is 2.71 bits per heavy atom. The molecule has 0 saturated heterocycles. The van der Waals surface area contributed by atoms with Gasteiger partial charge in [-0.1, -0.05) is 70.7 Å². The summed E-state index contributed by atoms with van der Waals surface area (Å²) in [6.07, 6.45) is 20.9. The molecular weight excluding hydrogens is 424 g/mol. The molecular formula is C27H38N6O. The predicted molar refractivity (Wildman–Crippen MR) is 146 cm³/mol. The van der Waals surface area contributed by atoms with Crippen LogP contribution in [0.2, 0.25) is 0 Å². The van der Waals surface area contributed by atoms with Crippen molar-refractivity contribution in [2.75, 3.05) is 13.1 Å². The largest absolute Gasteiger partial charge is 0.384 e. The molecule has 0 spiro atoms. The number of aromatic nitrogens is 2. The molecule has 3 N–H and O–H groups in total. The lowest BCUT2D eigenvalue weighted by Crippen LogP contribution is -2.21. The highest BCUT2D eigenvalue weighted by molar-refractivity contribution is 6.12. The third kappa shape index (κ3) is 8.65. The van der Waals surface area contributed by atoms with E-state index in [9.17, 15) is 4.79 Å². The van der Waals surface area contributed by atoms with Crippen LogP contribution < -0.4 is 11.1 Å². The van der Waals surface area contributed by atoms with Gasteiger partial charge in [-0.15, -0.1) is 0 Å². The zero-order valence-electron chi connectivity index (χ0n) is 21.1. The predicted octanol–water partition coefficient (Wildman–Crippen LogP) is 5.39. The van der Waals surface area contributed by atoms with Gasteiger partial charge in [0, 0.05) is 30.5 Å². The second-order valence-electron chi connectivity index (χ2n) is 7.03. The number of nitrogens with two attached hydrogens (primary N) is 1. The number of nitrogens with one attached hydrogen (secondary N) is 1. The van der Waals surface area contributed by atoms with Crippen molar-refractivity contribution in [1.82, 2.24) is 15.1 Å². The van der Waals surface area contributed by atoms with Crippen LogP contribution in [0.4, 0.5) is 5.82 Å². The number of aliphatic imine (C=N–C) groups is 2. The molecule has 1 aromatic heterocycles. The van der Waals surface area contributed by atoms with Gasteiger partial charge in [-0.3, -0.25) is 9.79 Å². The van der Waals surface area contributed by atoms with Gasteiger partial charge in [0.2, 0.25) is 5.91 Å². The van der Waals surface area contributed by atoms with Crippen molar-refractivity contribution < 1.29 is 4.79 Å². The van der Waals surface area contributed by atoms with E-state index < -0.39 is 0 Å². The van der Waals surface area contributed by atoms with E-state index in [1.807, 2.05) is 63.4 Å². The minimum atomic E-state index is -0.119. The number of carbonyl (C=O) groups excluding carboxylic acids is 1. The number of rotatable bonds is 10. The first-order valence-corrected chi connectivity index (χ1v) is 11.7. The Labute approximate surface area is 204 Å². The summed E-state index contributed by atoms with van der Waals surface area (Å²) in [4.78, 5) is 20.3. The zero-order chi connectivity index (χ0) is 25.3. The SMILES string of the molecule is C=C/C(=C\C=C/CC)C1=CC=C(c2cnn(/C(N)=C/CC)c2/N=C/CNC(C)=O)C=NC1.CC. The topological polar surface area (TPSA) is 97.7 Å². The molecule has 2 heterocycles. The zero-order valence-corrected chi connectivity index (χ0v) is 21.1. The van der Waals surface area contributed by atoms with Crippen LogP contribution in [0.1, 0.15) is 53.0 Å². The van der Waals surface area contributed by atoms with E-state index in [0.29, 0.717) is 24.7 Å². The van der Waals surface area contributed by atoms with Gasteiger partial charge in [0.05, 0.1) is 19.3 Å². The molecule has 0 radical (unpaired) electrons. The van der Waals surface area contributed by atoms with Crippen LogP contribution in [-0.4, -0.2) is 41.2 Å². The standard InChI is InChI=1S/C25H32N6O.C2H6/c1-5-8-9-11-20(7-3)21-12-13-22(17-27-16-21)23-18-30-31(24(26)10-6-2)25(23)29-15-14-28-19(4)32;1-2/h7-13,15,17-18H,3,5-6,14,16,26H2,1-2,4H3,(H,28,32);1-2H3/b9-8-,20-11+,24-10+,29-15+;. The van der Waals surface area contributed by atoms with Crippen molar-refractivity contribution in [3.05, 3.63) is 72.0 Å². The van der Waals surface area contributed by atoms with Crippen LogP contribution in [0, 0.1) is 0 Å². The third-order valence-corrected chi connectivity index (χ3v) is 4.56. The van der Waals surface area contributed by atoms with Gasteiger partial charge in [-0.2, -0.15) is 9.78 Å². The maximum absolute atomic E-state index is 11.1. The lowest BCUT2D eigenvalue weighted by Gasteiger charge is -2.06. The van der Waals surface area contributed by atoms with Gasteiger partial charge in [0.15, 0.2) is 5.82 Å². The molecule has 0 unspecified atom stereocenters. The lowest BCUT2D eigenvalue weighted by molar-refractivity contribution is -0.118. The quantitative estimate of drug-likeness (QED) is 0.360. The molecule has 1 aliphatic heterocycles. The molecule has 1 amide bonds. The number of hydrogen-bond acceptors (Lipinski definition) is 5. The summed E-state index contributed by atoms with van der Waals surface area (Å²) in [7, 11) is 0. The monoisotopic (exact) mass is 462 g/mol. The third-order valence-electron chi connectivity index (χ3n) is 4.56. The molecule has 7 heteroatoms. The van der Waals surface area contributed by atoms with Crippen LogP contribution in [0.5, 0.6) is 0 Å². The van der Waals surface area contributed by atoms with E-state index in [-0.39, 0.29) is 5.91 Å². The Morgan fingerprint density at radius 2 is 2.06 bits per heavy atom.